The molecule has 20 heavy (non-hydrogen) atoms. The maximum absolute atomic E-state index is 4.42. The molecule has 0 atom stereocenters. The molecule has 0 spiro atoms. The smallest absolute Gasteiger partial charge is 0.204 e. The van der Waals surface area contributed by atoms with Crippen LogP contribution >= 0.6 is 0 Å². The Bertz CT molecular complexity index is 571. The summed E-state index contributed by atoms with van der Waals surface area (Å²) in [7, 11) is 10.1. The molecular formula is C15H23N5. The summed E-state index contributed by atoms with van der Waals surface area (Å²) >= 11 is 0. The van der Waals surface area contributed by atoms with E-state index >= 15 is 0 Å². The molecule has 0 aliphatic heterocycles. The summed E-state index contributed by atoms with van der Waals surface area (Å²) in [5, 5.41) is 3.48. The van der Waals surface area contributed by atoms with Crippen LogP contribution in [0.5, 0.6) is 0 Å². The van der Waals surface area contributed by atoms with Crippen molar-refractivity contribution < 1.29 is 0 Å². The minimum atomic E-state index is 0.752. The fourth-order valence-electron chi connectivity index (χ4n) is 2.21. The molecule has 0 amide bonds. The van der Waals surface area contributed by atoms with Crippen LogP contribution in [0.15, 0.2) is 30.5 Å². The Kier molecular flexibility index (Phi) is 4.17. The molecule has 0 aliphatic carbocycles. The molecule has 5 heteroatoms. The highest BCUT2D eigenvalue weighted by Crippen LogP contribution is 2.24. The van der Waals surface area contributed by atoms with Crippen molar-refractivity contribution in [1.29, 1.82) is 0 Å². The van der Waals surface area contributed by atoms with Gasteiger partial charge in [0.1, 0.15) is 0 Å². The van der Waals surface area contributed by atoms with E-state index in [1.165, 1.54) is 5.69 Å². The summed E-state index contributed by atoms with van der Waals surface area (Å²) in [6.45, 7) is 0.752. The van der Waals surface area contributed by atoms with Gasteiger partial charge in [-0.3, -0.25) is 0 Å². The average molecular weight is 273 g/mol. The third-order valence-corrected chi connectivity index (χ3v) is 3.31. The van der Waals surface area contributed by atoms with Gasteiger partial charge in [0, 0.05) is 35.2 Å². The van der Waals surface area contributed by atoms with E-state index in [0.29, 0.717) is 0 Å². The van der Waals surface area contributed by atoms with Gasteiger partial charge in [-0.05, 0) is 12.1 Å². The van der Waals surface area contributed by atoms with Crippen LogP contribution in [0.3, 0.4) is 0 Å². The lowest BCUT2D eigenvalue weighted by Crippen LogP contribution is -2.16. The molecule has 5 nitrogen and oxygen atoms in total. The lowest BCUT2D eigenvalue weighted by molar-refractivity contribution is 0.814. The molecule has 108 valence electrons. The number of hydrogen-bond acceptors (Lipinski definition) is 4. The summed E-state index contributed by atoms with van der Waals surface area (Å²) < 4.78 is 2.10. The highest BCUT2D eigenvalue weighted by Gasteiger charge is 2.09. The predicted octanol–water partition coefficient (Wildman–Crippen LogP) is 2.16. The van der Waals surface area contributed by atoms with E-state index in [1.807, 2.05) is 38.3 Å². The molecule has 0 fully saturated rings. The zero-order chi connectivity index (χ0) is 14.7. The zero-order valence-corrected chi connectivity index (χ0v) is 12.9. The molecule has 0 bridgehead atoms. The Morgan fingerprint density at radius 2 is 1.80 bits per heavy atom. The number of hydrogen-bond donors (Lipinski definition) is 1. The number of rotatable bonds is 5. The minimum Gasteiger partial charge on any atom is -0.378 e. The van der Waals surface area contributed by atoms with Gasteiger partial charge in [0.2, 0.25) is 5.95 Å². The van der Waals surface area contributed by atoms with Crippen molar-refractivity contribution >= 4 is 17.3 Å². The van der Waals surface area contributed by atoms with E-state index in [0.717, 1.165) is 23.9 Å². The van der Waals surface area contributed by atoms with Crippen molar-refractivity contribution in [1.82, 2.24) is 9.55 Å². The molecule has 2 rings (SSSR count). The maximum Gasteiger partial charge on any atom is 0.204 e. The summed E-state index contributed by atoms with van der Waals surface area (Å²) in [5.74, 6) is 0.961. The first-order chi connectivity index (χ1) is 9.50. The van der Waals surface area contributed by atoms with Gasteiger partial charge in [-0.1, -0.05) is 12.1 Å². The van der Waals surface area contributed by atoms with Crippen LogP contribution in [0.4, 0.5) is 17.3 Å². The molecule has 1 aromatic carbocycles. The molecule has 1 heterocycles. The lowest BCUT2D eigenvalue weighted by atomic mass is 10.2. The highest BCUT2D eigenvalue weighted by molar-refractivity contribution is 5.69. The lowest BCUT2D eigenvalue weighted by Gasteiger charge is -2.18. The van der Waals surface area contributed by atoms with E-state index in [-0.39, 0.29) is 0 Å². The fourth-order valence-corrected chi connectivity index (χ4v) is 2.21. The topological polar surface area (TPSA) is 36.3 Å². The molecule has 2 aromatic rings. The van der Waals surface area contributed by atoms with Gasteiger partial charge in [-0.2, -0.15) is 0 Å². The van der Waals surface area contributed by atoms with E-state index in [9.17, 15) is 0 Å². The third-order valence-electron chi connectivity index (χ3n) is 3.31. The van der Waals surface area contributed by atoms with Crippen molar-refractivity contribution in [3.05, 3.63) is 36.2 Å². The third kappa shape index (κ3) is 2.87. The Labute approximate surface area is 120 Å². The van der Waals surface area contributed by atoms with Crippen LogP contribution in [0.25, 0.3) is 0 Å². The second-order valence-corrected chi connectivity index (χ2v) is 5.27. The van der Waals surface area contributed by atoms with Crippen molar-refractivity contribution in [2.45, 2.75) is 6.54 Å². The fraction of sp³-hybridized carbons (Fsp3) is 0.400. The van der Waals surface area contributed by atoms with Crippen molar-refractivity contribution in [3.8, 4) is 0 Å². The number of imidazole rings is 1. The zero-order valence-electron chi connectivity index (χ0n) is 12.9. The van der Waals surface area contributed by atoms with Gasteiger partial charge >= 0.3 is 0 Å². The number of nitrogens with zero attached hydrogens (tertiary/aromatic N) is 4. The number of nitrogens with one attached hydrogen (secondary N) is 1. The Morgan fingerprint density at radius 3 is 2.40 bits per heavy atom. The van der Waals surface area contributed by atoms with E-state index in [2.05, 4.69) is 52.1 Å². The molecule has 0 unspecified atom stereocenters. The molecule has 0 saturated carbocycles. The molecule has 1 aromatic heterocycles. The summed E-state index contributed by atoms with van der Waals surface area (Å²) in [6, 6.07) is 8.30. The van der Waals surface area contributed by atoms with E-state index in [4.69, 9.17) is 0 Å². The van der Waals surface area contributed by atoms with Crippen LogP contribution in [0.1, 0.15) is 5.69 Å². The second kappa shape index (κ2) is 5.86. The van der Waals surface area contributed by atoms with Crippen LogP contribution in [0.2, 0.25) is 0 Å². The highest BCUT2D eigenvalue weighted by atomic mass is 15.3. The van der Waals surface area contributed by atoms with Crippen molar-refractivity contribution in [3.63, 3.8) is 0 Å². The number of para-hydroxylation sites is 2. The maximum atomic E-state index is 4.42. The normalized spacial score (nSPS) is 10.4. The molecule has 0 aliphatic rings. The molecular weight excluding hydrogens is 250 g/mol. The van der Waals surface area contributed by atoms with E-state index in [1.54, 1.807) is 0 Å². The number of aromatic nitrogens is 2. The summed E-state index contributed by atoms with van der Waals surface area (Å²) in [4.78, 5) is 8.54. The van der Waals surface area contributed by atoms with Gasteiger partial charge in [0.25, 0.3) is 0 Å². The van der Waals surface area contributed by atoms with Gasteiger partial charge in [0.15, 0.2) is 0 Å². The molecule has 0 saturated heterocycles. The monoisotopic (exact) mass is 273 g/mol. The van der Waals surface area contributed by atoms with Gasteiger partial charge in [-0.15, -0.1) is 0 Å². The molecule has 1 N–H and O–H groups in total. The summed E-state index contributed by atoms with van der Waals surface area (Å²) in [6.07, 6.45) is 1.92. The molecule has 0 radical (unpaired) electrons. The van der Waals surface area contributed by atoms with Gasteiger partial charge < -0.3 is 19.7 Å². The van der Waals surface area contributed by atoms with Crippen LogP contribution in [-0.2, 0) is 13.6 Å². The number of benzene rings is 1. The van der Waals surface area contributed by atoms with Crippen LogP contribution < -0.4 is 15.1 Å². The SMILES string of the molecule is CN(C)c1ccccc1NCc1cnc(N(C)C)n1C. The largest absolute Gasteiger partial charge is 0.378 e. The van der Waals surface area contributed by atoms with Crippen molar-refractivity contribution in [2.75, 3.05) is 43.3 Å². The van der Waals surface area contributed by atoms with Crippen LogP contribution in [-0.4, -0.2) is 37.7 Å². The number of anilines is 3. The van der Waals surface area contributed by atoms with E-state index < -0.39 is 0 Å². The first-order valence-corrected chi connectivity index (χ1v) is 6.69. The van der Waals surface area contributed by atoms with Crippen LogP contribution in [0, 0.1) is 0 Å². The van der Waals surface area contributed by atoms with Gasteiger partial charge in [-0.25, -0.2) is 4.98 Å². The first-order valence-electron chi connectivity index (χ1n) is 6.69. The van der Waals surface area contributed by atoms with Crippen molar-refractivity contribution in [2.24, 2.45) is 7.05 Å². The second-order valence-electron chi connectivity index (χ2n) is 5.27. The summed E-state index contributed by atoms with van der Waals surface area (Å²) in [5.41, 5.74) is 3.47. The predicted molar refractivity (Wildman–Crippen MR) is 85.6 cm³/mol. The van der Waals surface area contributed by atoms with Gasteiger partial charge in [0.05, 0.1) is 29.8 Å². The quantitative estimate of drug-likeness (QED) is 0.906. The Balaban J connectivity index is 2.13. The standard InChI is InChI=1S/C15H23N5/c1-18(2)14-9-7-6-8-13(14)16-10-12-11-17-15(19(3)4)20(12)5/h6-9,11,16H,10H2,1-5H3. The Morgan fingerprint density at radius 1 is 1.10 bits per heavy atom. The average Bonchev–Trinajstić information content (AvgIpc) is 2.78. The Hall–Kier alpha value is -2.17. The minimum absolute atomic E-state index is 0.752. The first kappa shape index (κ1) is 14.2.